The molecule has 6 heteroatoms. The number of halogens is 1. The standard InChI is InChI=1S/C10H12FN3O2/c11-7-1-2-10(14(15)16)9(5-7)13-8-3-4-12-6-8/h1-2,5,8,12-13H,3-4,6H2. The van der Waals surface area contributed by atoms with Gasteiger partial charge < -0.3 is 10.6 Å². The topological polar surface area (TPSA) is 67.2 Å². The number of nitro benzene ring substituents is 1. The van der Waals surface area contributed by atoms with E-state index in [9.17, 15) is 14.5 Å². The predicted octanol–water partition coefficient (Wildman–Crippen LogP) is 1.51. The monoisotopic (exact) mass is 225 g/mol. The molecule has 0 saturated carbocycles. The smallest absolute Gasteiger partial charge is 0.292 e. The minimum Gasteiger partial charge on any atom is -0.375 e. The van der Waals surface area contributed by atoms with Gasteiger partial charge in [0, 0.05) is 24.7 Å². The lowest BCUT2D eigenvalue weighted by atomic mass is 10.2. The number of benzene rings is 1. The highest BCUT2D eigenvalue weighted by Gasteiger charge is 2.20. The molecule has 2 rings (SSSR count). The van der Waals surface area contributed by atoms with E-state index in [1.165, 1.54) is 6.07 Å². The lowest BCUT2D eigenvalue weighted by molar-refractivity contribution is -0.384. The summed E-state index contributed by atoms with van der Waals surface area (Å²) in [6.45, 7) is 1.62. The van der Waals surface area contributed by atoms with E-state index in [0.717, 1.165) is 31.6 Å². The van der Waals surface area contributed by atoms with Crippen LogP contribution in [0.2, 0.25) is 0 Å². The molecular formula is C10H12FN3O2. The fraction of sp³-hybridized carbons (Fsp3) is 0.400. The fourth-order valence-corrected chi connectivity index (χ4v) is 1.78. The zero-order chi connectivity index (χ0) is 11.5. The molecule has 0 radical (unpaired) electrons. The van der Waals surface area contributed by atoms with Crippen LogP contribution in [0.25, 0.3) is 0 Å². The minimum absolute atomic E-state index is 0.0895. The van der Waals surface area contributed by atoms with Crippen molar-refractivity contribution in [3.8, 4) is 0 Å². The van der Waals surface area contributed by atoms with Crippen molar-refractivity contribution in [3.05, 3.63) is 34.1 Å². The fourth-order valence-electron chi connectivity index (χ4n) is 1.78. The molecule has 1 heterocycles. The van der Waals surface area contributed by atoms with Gasteiger partial charge in [0.25, 0.3) is 5.69 Å². The molecule has 0 spiro atoms. The highest BCUT2D eigenvalue weighted by Crippen LogP contribution is 2.26. The van der Waals surface area contributed by atoms with Crippen molar-refractivity contribution >= 4 is 11.4 Å². The van der Waals surface area contributed by atoms with Crippen molar-refractivity contribution in [1.29, 1.82) is 0 Å². The molecule has 1 aliphatic rings. The third kappa shape index (κ3) is 2.27. The Morgan fingerprint density at radius 2 is 2.38 bits per heavy atom. The molecule has 5 nitrogen and oxygen atoms in total. The SMILES string of the molecule is O=[N+]([O-])c1ccc(F)cc1NC1CCNC1. The summed E-state index contributed by atoms with van der Waals surface area (Å²) >= 11 is 0. The zero-order valence-corrected chi connectivity index (χ0v) is 8.57. The molecule has 2 N–H and O–H groups in total. The van der Waals surface area contributed by atoms with Crippen LogP contribution in [-0.2, 0) is 0 Å². The molecular weight excluding hydrogens is 213 g/mol. The lowest BCUT2D eigenvalue weighted by Crippen LogP contribution is -2.22. The van der Waals surface area contributed by atoms with Gasteiger partial charge in [0.1, 0.15) is 11.5 Å². The summed E-state index contributed by atoms with van der Waals surface area (Å²) in [5.74, 6) is -0.473. The van der Waals surface area contributed by atoms with Gasteiger partial charge >= 0.3 is 0 Å². The van der Waals surface area contributed by atoms with Gasteiger partial charge in [0.2, 0.25) is 0 Å². The third-order valence-electron chi connectivity index (χ3n) is 2.58. The van der Waals surface area contributed by atoms with Crippen molar-refractivity contribution in [3.63, 3.8) is 0 Å². The molecule has 0 aliphatic carbocycles. The second kappa shape index (κ2) is 4.44. The molecule has 0 amide bonds. The van der Waals surface area contributed by atoms with Gasteiger partial charge in [-0.05, 0) is 19.0 Å². The van der Waals surface area contributed by atoms with Gasteiger partial charge in [-0.25, -0.2) is 4.39 Å². The number of nitro groups is 1. The van der Waals surface area contributed by atoms with Gasteiger partial charge in [-0.1, -0.05) is 0 Å². The van der Waals surface area contributed by atoms with Gasteiger partial charge in [-0.15, -0.1) is 0 Å². The molecule has 0 aromatic heterocycles. The zero-order valence-electron chi connectivity index (χ0n) is 8.57. The predicted molar refractivity (Wildman–Crippen MR) is 58.0 cm³/mol. The molecule has 86 valence electrons. The van der Waals surface area contributed by atoms with Gasteiger partial charge in [0.15, 0.2) is 0 Å². The first-order chi connectivity index (χ1) is 7.66. The van der Waals surface area contributed by atoms with E-state index in [1.54, 1.807) is 0 Å². The van der Waals surface area contributed by atoms with Crippen LogP contribution in [0.4, 0.5) is 15.8 Å². The van der Waals surface area contributed by atoms with E-state index in [-0.39, 0.29) is 17.4 Å². The summed E-state index contributed by atoms with van der Waals surface area (Å²) in [6, 6.07) is 3.56. The van der Waals surface area contributed by atoms with Crippen LogP contribution < -0.4 is 10.6 Å². The quantitative estimate of drug-likeness (QED) is 0.604. The van der Waals surface area contributed by atoms with Crippen molar-refractivity contribution < 1.29 is 9.31 Å². The summed E-state index contributed by atoms with van der Waals surface area (Å²) in [5, 5.41) is 16.9. The average Bonchev–Trinajstić information content (AvgIpc) is 2.70. The van der Waals surface area contributed by atoms with E-state index < -0.39 is 10.7 Å². The lowest BCUT2D eigenvalue weighted by Gasteiger charge is -2.12. The van der Waals surface area contributed by atoms with E-state index in [2.05, 4.69) is 10.6 Å². The Morgan fingerprint density at radius 1 is 1.56 bits per heavy atom. The Labute approximate surface area is 91.8 Å². The van der Waals surface area contributed by atoms with Crippen LogP contribution in [0.15, 0.2) is 18.2 Å². The maximum Gasteiger partial charge on any atom is 0.292 e. The molecule has 16 heavy (non-hydrogen) atoms. The summed E-state index contributed by atoms with van der Waals surface area (Å²) in [5.41, 5.74) is 0.159. The van der Waals surface area contributed by atoms with E-state index in [4.69, 9.17) is 0 Å². The number of hydrogen-bond donors (Lipinski definition) is 2. The maximum atomic E-state index is 13.0. The number of hydrogen-bond acceptors (Lipinski definition) is 4. The Kier molecular flexibility index (Phi) is 3.00. The number of rotatable bonds is 3. The van der Waals surface area contributed by atoms with E-state index in [1.807, 2.05) is 0 Å². The molecule has 1 aromatic carbocycles. The first kappa shape index (κ1) is 10.8. The Balaban J connectivity index is 2.22. The highest BCUT2D eigenvalue weighted by molar-refractivity contribution is 5.62. The van der Waals surface area contributed by atoms with Crippen molar-refractivity contribution in [2.24, 2.45) is 0 Å². The molecule has 1 fully saturated rings. The van der Waals surface area contributed by atoms with E-state index in [0.29, 0.717) is 0 Å². The van der Waals surface area contributed by atoms with Crippen LogP contribution in [0.3, 0.4) is 0 Å². The molecule has 1 aliphatic heterocycles. The molecule has 0 bridgehead atoms. The maximum absolute atomic E-state index is 13.0. The van der Waals surface area contributed by atoms with Crippen LogP contribution >= 0.6 is 0 Å². The third-order valence-corrected chi connectivity index (χ3v) is 2.58. The average molecular weight is 225 g/mol. The normalized spacial score (nSPS) is 19.7. The van der Waals surface area contributed by atoms with Gasteiger partial charge in [-0.2, -0.15) is 0 Å². The number of anilines is 1. The summed E-state index contributed by atoms with van der Waals surface area (Å²) < 4.78 is 13.0. The minimum atomic E-state index is -0.510. The summed E-state index contributed by atoms with van der Waals surface area (Å²) in [6.07, 6.45) is 0.883. The largest absolute Gasteiger partial charge is 0.375 e. The molecule has 1 atom stereocenters. The Morgan fingerprint density at radius 3 is 3.00 bits per heavy atom. The van der Waals surface area contributed by atoms with E-state index >= 15 is 0 Å². The first-order valence-electron chi connectivity index (χ1n) is 5.08. The summed E-state index contributed by atoms with van der Waals surface area (Å²) in [7, 11) is 0. The molecule has 1 unspecified atom stereocenters. The Bertz CT molecular complexity index is 405. The van der Waals surface area contributed by atoms with Crippen LogP contribution in [0, 0.1) is 15.9 Å². The van der Waals surface area contributed by atoms with Crippen molar-refractivity contribution in [1.82, 2.24) is 5.32 Å². The highest BCUT2D eigenvalue weighted by atomic mass is 19.1. The van der Waals surface area contributed by atoms with Crippen molar-refractivity contribution in [2.75, 3.05) is 18.4 Å². The Hall–Kier alpha value is -1.69. The van der Waals surface area contributed by atoms with Crippen molar-refractivity contribution in [2.45, 2.75) is 12.5 Å². The van der Waals surface area contributed by atoms with Gasteiger partial charge in [0.05, 0.1) is 4.92 Å². The van der Waals surface area contributed by atoms with Crippen LogP contribution in [-0.4, -0.2) is 24.1 Å². The summed E-state index contributed by atoms with van der Waals surface area (Å²) in [4.78, 5) is 10.2. The van der Waals surface area contributed by atoms with Crippen LogP contribution in [0.1, 0.15) is 6.42 Å². The van der Waals surface area contributed by atoms with Gasteiger partial charge in [-0.3, -0.25) is 10.1 Å². The molecule has 1 aromatic rings. The first-order valence-corrected chi connectivity index (χ1v) is 5.08. The number of nitrogens with zero attached hydrogens (tertiary/aromatic N) is 1. The second-order valence-electron chi connectivity index (χ2n) is 3.75. The van der Waals surface area contributed by atoms with Crippen LogP contribution in [0.5, 0.6) is 0 Å². The second-order valence-corrected chi connectivity index (χ2v) is 3.75. The number of nitrogens with one attached hydrogen (secondary N) is 2. The molecule has 1 saturated heterocycles.